The van der Waals surface area contributed by atoms with E-state index >= 15 is 0 Å². The van der Waals surface area contributed by atoms with E-state index in [4.69, 9.17) is 0 Å². The summed E-state index contributed by atoms with van der Waals surface area (Å²) < 4.78 is 0. The van der Waals surface area contributed by atoms with Crippen LogP contribution in [0.5, 0.6) is 0 Å². The standard InChI is InChI=1S/C16H25N3/c1-12(2)18(5)15-7-6-8-16(14(15)4)19-10-9-17-13(3)11-19/h6-8,13,17H,1,9-11H2,2-5H3. The lowest BCUT2D eigenvalue weighted by Crippen LogP contribution is -2.49. The first kappa shape index (κ1) is 13.9. The molecule has 1 aliphatic rings. The van der Waals surface area contributed by atoms with Crippen LogP contribution in [0.2, 0.25) is 0 Å². The topological polar surface area (TPSA) is 18.5 Å². The van der Waals surface area contributed by atoms with Gasteiger partial charge in [0.05, 0.1) is 0 Å². The van der Waals surface area contributed by atoms with Gasteiger partial charge in [0.2, 0.25) is 0 Å². The summed E-state index contributed by atoms with van der Waals surface area (Å²) in [5, 5.41) is 3.49. The fourth-order valence-electron chi connectivity index (χ4n) is 2.67. The summed E-state index contributed by atoms with van der Waals surface area (Å²) in [6.07, 6.45) is 0. The minimum Gasteiger partial charge on any atom is -0.368 e. The van der Waals surface area contributed by atoms with Gasteiger partial charge in [0, 0.05) is 49.8 Å². The van der Waals surface area contributed by atoms with Crippen LogP contribution in [0.4, 0.5) is 11.4 Å². The van der Waals surface area contributed by atoms with Crippen LogP contribution in [0.15, 0.2) is 30.5 Å². The molecule has 0 bridgehead atoms. The Morgan fingerprint density at radius 1 is 1.47 bits per heavy atom. The monoisotopic (exact) mass is 259 g/mol. The molecular formula is C16H25N3. The molecule has 0 spiro atoms. The van der Waals surface area contributed by atoms with Gasteiger partial charge in [-0.3, -0.25) is 0 Å². The fourth-order valence-corrected chi connectivity index (χ4v) is 2.67. The minimum absolute atomic E-state index is 0.552. The Hall–Kier alpha value is -1.48. The second-order valence-electron chi connectivity index (χ2n) is 5.52. The molecule has 1 aromatic rings. The molecule has 1 heterocycles. The normalized spacial score (nSPS) is 19.4. The van der Waals surface area contributed by atoms with Crippen LogP contribution in [0.25, 0.3) is 0 Å². The quantitative estimate of drug-likeness (QED) is 0.900. The van der Waals surface area contributed by atoms with Crippen molar-refractivity contribution >= 4 is 11.4 Å². The van der Waals surface area contributed by atoms with E-state index in [9.17, 15) is 0 Å². The van der Waals surface area contributed by atoms with E-state index in [1.165, 1.54) is 16.9 Å². The molecule has 3 nitrogen and oxygen atoms in total. The van der Waals surface area contributed by atoms with Crippen LogP contribution in [-0.2, 0) is 0 Å². The number of nitrogens with zero attached hydrogens (tertiary/aromatic N) is 2. The highest BCUT2D eigenvalue weighted by Gasteiger charge is 2.19. The molecule has 1 atom stereocenters. The van der Waals surface area contributed by atoms with Crippen molar-refractivity contribution < 1.29 is 0 Å². The van der Waals surface area contributed by atoms with E-state index in [-0.39, 0.29) is 0 Å². The summed E-state index contributed by atoms with van der Waals surface area (Å²) in [5.74, 6) is 0. The van der Waals surface area contributed by atoms with E-state index in [1.807, 2.05) is 6.92 Å². The number of allylic oxidation sites excluding steroid dienone is 1. The molecule has 1 unspecified atom stereocenters. The van der Waals surface area contributed by atoms with Crippen molar-refractivity contribution in [2.45, 2.75) is 26.8 Å². The van der Waals surface area contributed by atoms with Gasteiger partial charge in [0.15, 0.2) is 0 Å². The van der Waals surface area contributed by atoms with Crippen molar-refractivity contribution in [3.8, 4) is 0 Å². The van der Waals surface area contributed by atoms with Crippen molar-refractivity contribution in [2.75, 3.05) is 36.5 Å². The van der Waals surface area contributed by atoms with Gasteiger partial charge >= 0.3 is 0 Å². The Bertz CT molecular complexity index is 467. The lowest BCUT2D eigenvalue weighted by Gasteiger charge is -2.35. The van der Waals surface area contributed by atoms with Gasteiger partial charge in [-0.1, -0.05) is 12.6 Å². The lowest BCUT2D eigenvalue weighted by molar-refractivity contribution is 0.484. The molecule has 0 radical (unpaired) electrons. The lowest BCUT2D eigenvalue weighted by atomic mass is 10.1. The maximum absolute atomic E-state index is 4.03. The van der Waals surface area contributed by atoms with Gasteiger partial charge in [-0.05, 0) is 38.5 Å². The van der Waals surface area contributed by atoms with Gasteiger partial charge in [-0.2, -0.15) is 0 Å². The molecular weight excluding hydrogens is 234 g/mol. The molecule has 1 aliphatic heterocycles. The number of benzene rings is 1. The third kappa shape index (κ3) is 2.92. The van der Waals surface area contributed by atoms with Gasteiger partial charge in [-0.15, -0.1) is 0 Å². The summed E-state index contributed by atoms with van der Waals surface area (Å²) in [6, 6.07) is 7.09. The third-order valence-electron chi connectivity index (χ3n) is 3.92. The zero-order valence-corrected chi connectivity index (χ0v) is 12.5. The molecule has 1 aromatic carbocycles. The van der Waals surface area contributed by atoms with Crippen molar-refractivity contribution in [1.82, 2.24) is 5.32 Å². The Balaban J connectivity index is 2.31. The number of hydrogen-bond acceptors (Lipinski definition) is 3. The Labute approximate surface area is 116 Å². The molecule has 3 heteroatoms. The van der Waals surface area contributed by atoms with Crippen LogP contribution in [0.3, 0.4) is 0 Å². The van der Waals surface area contributed by atoms with E-state index < -0.39 is 0 Å². The number of anilines is 2. The Morgan fingerprint density at radius 2 is 2.21 bits per heavy atom. The molecule has 0 amide bonds. The van der Waals surface area contributed by atoms with Crippen molar-refractivity contribution in [2.24, 2.45) is 0 Å². The highest BCUT2D eigenvalue weighted by molar-refractivity contribution is 5.68. The summed E-state index contributed by atoms with van der Waals surface area (Å²) in [7, 11) is 2.08. The molecule has 19 heavy (non-hydrogen) atoms. The van der Waals surface area contributed by atoms with E-state index in [2.05, 4.69) is 60.8 Å². The second kappa shape index (κ2) is 5.66. The number of rotatable bonds is 3. The van der Waals surface area contributed by atoms with E-state index in [1.54, 1.807) is 0 Å². The first-order valence-corrected chi connectivity index (χ1v) is 6.98. The summed E-state index contributed by atoms with van der Waals surface area (Å²) in [6.45, 7) is 13.7. The summed E-state index contributed by atoms with van der Waals surface area (Å²) >= 11 is 0. The van der Waals surface area contributed by atoms with Gasteiger partial charge in [0.25, 0.3) is 0 Å². The average molecular weight is 259 g/mol. The second-order valence-corrected chi connectivity index (χ2v) is 5.52. The van der Waals surface area contributed by atoms with Gasteiger partial charge < -0.3 is 15.1 Å². The average Bonchev–Trinajstić information content (AvgIpc) is 2.38. The molecule has 2 rings (SSSR count). The van der Waals surface area contributed by atoms with Gasteiger partial charge in [-0.25, -0.2) is 0 Å². The highest BCUT2D eigenvalue weighted by atomic mass is 15.2. The predicted octanol–water partition coefficient (Wildman–Crippen LogP) is 2.76. The zero-order chi connectivity index (χ0) is 14.0. The molecule has 104 valence electrons. The first-order valence-electron chi connectivity index (χ1n) is 6.98. The SMILES string of the molecule is C=C(C)N(C)c1cccc(N2CCNC(C)C2)c1C. The molecule has 1 N–H and O–H groups in total. The third-order valence-corrected chi connectivity index (χ3v) is 3.92. The molecule has 1 fully saturated rings. The number of hydrogen-bond donors (Lipinski definition) is 1. The van der Waals surface area contributed by atoms with E-state index in [0.717, 1.165) is 25.3 Å². The molecule has 0 aromatic heterocycles. The molecule has 0 aliphatic carbocycles. The van der Waals surface area contributed by atoms with E-state index in [0.29, 0.717) is 6.04 Å². The largest absolute Gasteiger partial charge is 0.368 e. The predicted molar refractivity (Wildman–Crippen MR) is 84.1 cm³/mol. The van der Waals surface area contributed by atoms with Crippen molar-refractivity contribution in [3.63, 3.8) is 0 Å². The van der Waals surface area contributed by atoms with Crippen LogP contribution in [0.1, 0.15) is 19.4 Å². The van der Waals surface area contributed by atoms with Crippen LogP contribution in [0, 0.1) is 6.92 Å². The van der Waals surface area contributed by atoms with Crippen LogP contribution < -0.4 is 15.1 Å². The Kier molecular flexibility index (Phi) is 4.15. The Morgan fingerprint density at radius 3 is 2.84 bits per heavy atom. The smallest absolute Gasteiger partial charge is 0.0455 e. The zero-order valence-electron chi connectivity index (χ0n) is 12.5. The maximum Gasteiger partial charge on any atom is 0.0455 e. The first-order chi connectivity index (χ1) is 9.00. The maximum atomic E-state index is 4.03. The summed E-state index contributed by atoms with van der Waals surface area (Å²) in [4.78, 5) is 4.64. The van der Waals surface area contributed by atoms with Crippen molar-refractivity contribution in [3.05, 3.63) is 36.0 Å². The molecule has 1 saturated heterocycles. The molecule has 0 saturated carbocycles. The van der Waals surface area contributed by atoms with Crippen LogP contribution >= 0.6 is 0 Å². The van der Waals surface area contributed by atoms with Gasteiger partial charge in [0.1, 0.15) is 0 Å². The van der Waals surface area contributed by atoms with Crippen molar-refractivity contribution in [1.29, 1.82) is 0 Å². The fraction of sp³-hybridized carbons (Fsp3) is 0.500. The summed E-state index contributed by atoms with van der Waals surface area (Å²) in [5.41, 5.74) is 4.99. The highest BCUT2D eigenvalue weighted by Crippen LogP contribution is 2.30. The number of nitrogens with one attached hydrogen (secondary N) is 1. The minimum atomic E-state index is 0.552. The number of piperazine rings is 1. The van der Waals surface area contributed by atoms with Crippen LogP contribution in [-0.4, -0.2) is 32.7 Å².